The quantitative estimate of drug-likeness (QED) is 0.396. The van der Waals surface area contributed by atoms with Gasteiger partial charge in [-0.1, -0.05) is 30.3 Å². The molecule has 1 rings (SSSR count). The van der Waals surface area contributed by atoms with E-state index >= 15 is 0 Å². The predicted molar refractivity (Wildman–Crippen MR) is 58.4 cm³/mol. The van der Waals surface area contributed by atoms with Gasteiger partial charge in [0.05, 0.1) is 0 Å². The fourth-order valence-electron chi connectivity index (χ4n) is 1.17. The fraction of sp³-hybridized carbons (Fsp3) is 0.100. The first kappa shape index (κ1) is 11.7. The SMILES string of the molecule is N=C(N)C(=O)NC(C(N)=O)c1ccccc1. The minimum atomic E-state index is -0.974. The van der Waals surface area contributed by atoms with Crippen LogP contribution in [0, 0.1) is 5.41 Å². The van der Waals surface area contributed by atoms with Gasteiger partial charge in [-0.15, -0.1) is 0 Å². The number of nitrogens with two attached hydrogens (primary N) is 2. The summed E-state index contributed by atoms with van der Waals surface area (Å²) in [7, 11) is 0. The highest BCUT2D eigenvalue weighted by Gasteiger charge is 2.20. The molecule has 6 nitrogen and oxygen atoms in total. The lowest BCUT2D eigenvalue weighted by Gasteiger charge is -2.14. The molecular formula is C10H12N4O2. The standard InChI is InChI=1S/C10H12N4O2/c11-8(12)10(16)14-7(9(13)15)6-4-2-1-3-5-6/h1-5,7H,(H3,11,12)(H2,13,15)(H,14,16). The van der Waals surface area contributed by atoms with Crippen molar-refractivity contribution in [2.24, 2.45) is 11.5 Å². The Morgan fingerprint density at radius 1 is 1.19 bits per heavy atom. The highest BCUT2D eigenvalue weighted by molar-refractivity contribution is 6.36. The van der Waals surface area contributed by atoms with Gasteiger partial charge in [0, 0.05) is 0 Å². The number of hydrogen-bond donors (Lipinski definition) is 4. The molecule has 1 aromatic carbocycles. The van der Waals surface area contributed by atoms with Gasteiger partial charge in [0.2, 0.25) is 5.91 Å². The number of hydrogen-bond acceptors (Lipinski definition) is 3. The number of carbonyl (C=O) groups excluding carboxylic acids is 2. The second-order valence-corrected chi connectivity index (χ2v) is 3.13. The molecule has 0 bridgehead atoms. The summed E-state index contributed by atoms with van der Waals surface area (Å²) in [5.41, 5.74) is 10.7. The summed E-state index contributed by atoms with van der Waals surface area (Å²) in [6.45, 7) is 0. The molecule has 0 radical (unpaired) electrons. The van der Waals surface area contributed by atoms with Crippen LogP contribution in [0.3, 0.4) is 0 Å². The van der Waals surface area contributed by atoms with Crippen LogP contribution < -0.4 is 16.8 Å². The molecular weight excluding hydrogens is 208 g/mol. The van der Waals surface area contributed by atoms with Crippen molar-refractivity contribution in [1.29, 1.82) is 5.41 Å². The molecule has 1 aromatic rings. The largest absolute Gasteiger partial charge is 0.380 e. The number of amidine groups is 1. The Morgan fingerprint density at radius 2 is 1.75 bits per heavy atom. The van der Waals surface area contributed by atoms with Gasteiger partial charge in [-0.2, -0.15) is 0 Å². The number of primary amides is 1. The van der Waals surface area contributed by atoms with Gasteiger partial charge >= 0.3 is 0 Å². The van der Waals surface area contributed by atoms with Crippen LogP contribution in [0.25, 0.3) is 0 Å². The Labute approximate surface area is 92.1 Å². The second-order valence-electron chi connectivity index (χ2n) is 3.13. The third-order valence-electron chi connectivity index (χ3n) is 1.94. The second kappa shape index (κ2) is 4.92. The van der Waals surface area contributed by atoms with E-state index in [9.17, 15) is 9.59 Å². The molecule has 0 saturated heterocycles. The Morgan fingerprint density at radius 3 is 2.19 bits per heavy atom. The summed E-state index contributed by atoms with van der Waals surface area (Å²) < 4.78 is 0. The topological polar surface area (TPSA) is 122 Å². The Hall–Kier alpha value is -2.37. The molecule has 84 valence electrons. The van der Waals surface area contributed by atoms with Crippen molar-refractivity contribution in [2.75, 3.05) is 0 Å². The number of carbonyl (C=O) groups is 2. The van der Waals surface area contributed by atoms with Crippen LogP contribution in [0.5, 0.6) is 0 Å². The molecule has 0 spiro atoms. The maximum absolute atomic E-state index is 11.2. The van der Waals surface area contributed by atoms with Crippen LogP contribution >= 0.6 is 0 Å². The van der Waals surface area contributed by atoms with Gasteiger partial charge in [-0.3, -0.25) is 15.0 Å². The Bertz CT molecular complexity index is 416. The van der Waals surface area contributed by atoms with E-state index in [2.05, 4.69) is 5.32 Å². The lowest BCUT2D eigenvalue weighted by Crippen LogP contribution is -2.42. The zero-order valence-corrected chi connectivity index (χ0v) is 8.44. The minimum Gasteiger partial charge on any atom is -0.380 e. The van der Waals surface area contributed by atoms with Crippen LogP contribution in [0.2, 0.25) is 0 Å². The summed E-state index contributed by atoms with van der Waals surface area (Å²) in [5.74, 6) is -2.20. The molecule has 0 aliphatic carbocycles. The van der Waals surface area contributed by atoms with Crippen molar-refractivity contribution >= 4 is 17.6 Å². The summed E-state index contributed by atoms with van der Waals surface area (Å²) in [6.07, 6.45) is 0. The molecule has 0 fully saturated rings. The molecule has 2 amide bonds. The zero-order chi connectivity index (χ0) is 12.1. The van der Waals surface area contributed by atoms with Gasteiger partial charge in [0.1, 0.15) is 6.04 Å². The van der Waals surface area contributed by atoms with Crippen molar-refractivity contribution in [2.45, 2.75) is 6.04 Å². The molecule has 0 aromatic heterocycles. The Kier molecular flexibility index (Phi) is 3.60. The maximum atomic E-state index is 11.2. The monoisotopic (exact) mass is 220 g/mol. The highest BCUT2D eigenvalue weighted by atomic mass is 16.2. The number of rotatable bonds is 3. The highest BCUT2D eigenvalue weighted by Crippen LogP contribution is 2.11. The normalized spacial score (nSPS) is 11.5. The van der Waals surface area contributed by atoms with Crippen LogP contribution in [-0.4, -0.2) is 17.6 Å². The van der Waals surface area contributed by atoms with Crippen LogP contribution in [-0.2, 0) is 9.59 Å². The Balaban J connectivity index is 2.89. The molecule has 6 N–H and O–H groups in total. The number of amides is 2. The zero-order valence-electron chi connectivity index (χ0n) is 8.44. The molecule has 0 aliphatic heterocycles. The van der Waals surface area contributed by atoms with Gasteiger partial charge in [0.15, 0.2) is 5.84 Å². The lowest BCUT2D eigenvalue weighted by atomic mass is 10.1. The summed E-state index contributed by atoms with van der Waals surface area (Å²) in [6, 6.07) is 7.52. The van der Waals surface area contributed by atoms with Crippen LogP contribution in [0.15, 0.2) is 30.3 Å². The fourth-order valence-corrected chi connectivity index (χ4v) is 1.17. The van der Waals surface area contributed by atoms with Crippen molar-refractivity contribution in [1.82, 2.24) is 5.32 Å². The van der Waals surface area contributed by atoms with Gasteiger partial charge in [-0.05, 0) is 5.56 Å². The minimum absolute atomic E-state index is 0.546. The summed E-state index contributed by atoms with van der Waals surface area (Å²) in [5, 5.41) is 9.18. The maximum Gasteiger partial charge on any atom is 0.286 e. The van der Waals surface area contributed by atoms with E-state index in [1.807, 2.05) is 0 Å². The van der Waals surface area contributed by atoms with E-state index in [0.29, 0.717) is 5.56 Å². The van der Waals surface area contributed by atoms with Crippen LogP contribution in [0.4, 0.5) is 0 Å². The van der Waals surface area contributed by atoms with E-state index < -0.39 is 23.7 Å². The molecule has 0 saturated carbocycles. The third kappa shape index (κ3) is 2.81. The van der Waals surface area contributed by atoms with Crippen molar-refractivity contribution < 1.29 is 9.59 Å². The predicted octanol–water partition coefficient (Wildman–Crippen LogP) is -0.735. The molecule has 0 aliphatic rings. The molecule has 1 unspecified atom stereocenters. The van der Waals surface area contributed by atoms with Gasteiger partial charge in [0.25, 0.3) is 5.91 Å². The van der Waals surface area contributed by atoms with Gasteiger partial charge in [-0.25, -0.2) is 0 Å². The summed E-state index contributed by atoms with van der Waals surface area (Å²) in [4.78, 5) is 22.3. The van der Waals surface area contributed by atoms with E-state index in [1.54, 1.807) is 30.3 Å². The average Bonchev–Trinajstić information content (AvgIpc) is 2.26. The first-order valence-electron chi connectivity index (χ1n) is 4.51. The molecule has 0 heterocycles. The summed E-state index contributed by atoms with van der Waals surface area (Å²) >= 11 is 0. The van der Waals surface area contributed by atoms with E-state index in [0.717, 1.165) is 0 Å². The van der Waals surface area contributed by atoms with E-state index in [1.165, 1.54) is 0 Å². The average molecular weight is 220 g/mol. The van der Waals surface area contributed by atoms with E-state index in [-0.39, 0.29) is 0 Å². The lowest BCUT2D eigenvalue weighted by molar-refractivity contribution is -0.124. The van der Waals surface area contributed by atoms with Gasteiger partial charge < -0.3 is 16.8 Å². The van der Waals surface area contributed by atoms with Crippen molar-refractivity contribution in [3.8, 4) is 0 Å². The number of benzene rings is 1. The number of nitrogens with one attached hydrogen (secondary N) is 2. The molecule has 1 atom stereocenters. The van der Waals surface area contributed by atoms with Crippen LogP contribution in [0.1, 0.15) is 11.6 Å². The third-order valence-corrected chi connectivity index (χ3v) is 1.94. The molecule has 16 heavy (non-hydrogen) atoms. The first-order chi connectivity index (χ1) is 7.52. The van der Waals surface area contributed by atoms with Crippen molar-refractivity contribution in [3.05, 3.63) is 35.9 Å². The van der Waals surface area contributed by atoms with Crippen molar-refractivity contribution in [3.63, 3.8) is 0 Å². The first-order valence-corrected chi connectivity index (χ1v) is 4.51. The van der Waals surface area contributed by atoms with E-state index in [4.69, 9.17) is 16.9 Å². The molecule has 6 heteroatoms. The smallest absolute Gasteiger partial charge is 0.286 e.